The minimum atomic E-state index is 0.707. The van der Waals surface area contributed by atoms with Crippen LogP contribution in [0.15, 0.2) is 36.5 Å². The lowest BCUT2D eigenvalue weighted by atomic mass is 10.1. The first-order valence-corrected chi connectivity index (χ1v) is 6.50. The Morgan fingerprint density at radius 2 is 2.16 bits per heavy atom. The molecule has 0 aliphatic rings. The number of methoxy groups -OCH3 is 1. The smallest absolute Gasteiger partial charge is 0.135 e. The summed E-state index contributed by atoms with van der Waals surface area (Å²) in [5.41, 5.74) is 1.15. The number of nitrogens with zero attached hydrogens (tertiary/aromatic N) is 2. The van der Waals surface area contributed by atoms with Crippen molar-refractivity contribution >= 4 is 5.82 Å². The van der Waals surface area contributed by atoms with E-state index in [2.05, 4.69) is 28.3 Å². The van der Waals surface area contributed by atoms with Crippen LogP contribution in [0, 0.1) is 0 Å². The van der Waals surface area contributed by atoms with Crippen molar-refractivity contribution in [3.8, 4) is 5.75 Å². The fraction of sp³-hybridized carbons (Fsp3) is 0.333. The molecule has 0 amide bonds. The van der Waals surface area contributed by atoms with Crippen molar-refractivity contribution in [2.45, 2.75) is 19.8 Å². The van der Waals surface area contributed by atoms with E-state index in [0.29, 0.717) is 6.42 Å². The molecule has 4 heteroatoms. The molecule has 1 heterocycles. The highest BCUT2D eigenvalue weighted by molar-refractivity contribution is 5.34. The third kappa shape index (κ3) is 3.95. The Hall–Kier alpha value is -2.10. The van der Waals surface area contributed by atoms with Crippen molar-refractivity contribution in [3.05, 3.63) is 47.9 Å². The van der Waals surface area contributed by atoms with Crippen LogP contribution < -0.4 is 10.1 Å². The number of aromatic nitrogens is 2. The number of hydrogen-bond donors (Lipinski definition) is 1. The van der Waals surface area contributed by atoms with Gasteiger partial charge in [-0.3, -0.25) is 0 Å². The normalized spacial score (nSPS) is 10.2. The minimum absolute atomic E-state index is 0.707. The fourth-order valence-electron chi connectivity index (χ4n) is 1.80. The van der Waals surface area contributed by atoms with E-state index < -0.39 is 0 Å². The summed E-state index contributed by atoms with van der Waals surface area (Å²) in [6.07, 6.45) is 3.58. The van der Waals surface area contributed by atoms with Crippen molar-refractivity contribution in [2.75, 3.05) is 19.0 Å². The Morgan fingerprint density at radius 1 is 1.26 bits per heavy atom. The second-order valence-corrected chi connectivity index (χ2v) is 4.31. The topological polar surface area (TPSA) is 47.0 Å². The van der Waals surface area contributed by atoms with Crippen molar-refractivity contribution in [2.24, 2.45) is 0 Å². The molecule has 0 aliphatic heterocycles. The van der Waals surface area contributed by atoms with Crippen LogP contribution in [-0.2, 0) is 6.42 Å². The molecule has 0 radical (unpaired) electrons. The zero-order chi connectivity index (χ0) is 13.5. The molecule has 0 saturated carbocycles. The molecule has 0 spiro atoms. The van der Waals surface area contributed by atoms with Crippen LogP contribution in [0.25, 0.3) is 0 Å². The van der Waals surface area contributed by atoms with Crippen molar-refractivity contribution in [1.82, 2.24) is 9.97 Å². The molecule has 2 rings (SSSR count). The summed E-state index contributed by atoms with van der Waals surface area (Å²) in [5, 5.41) is 3.27. The van der Waals surface area contributed by atoms with E-state index in [4.69, 9.17) is 4.74 Å². The lowest BCUT2D eigenvalue weighted by Gasteiger charge is -2.06. The average Bonchev–Trinajstić information content (AvgIpc) is 2.46. The number of ether oxygens (including phenoxy) is 1. The van der Waals surface area contributed by atoms with Crippen LogP contribution in [0.5, 0.6) is 5.75 Å². The first-order chi connectivity index (χ1) is 9.31. The zero-order valence-corrected chi connectivity index (χ0v) is 11.4. The molecule has 1 aromatic carbocycles. The van der Waals surface area contributed by atoms with Gasteiger partial charge < -0.3 is 10.1 Å². The Kier molecular flexibility index (Phi) is 4.72. The van der Waals surface area contributed by atoms with E-state index in [1.807, 2.05) is 24.3 Å². The van der Waals surface area contributed by atoms with E-state index in [-0.39, 0.29) is 0 Å². The average molecular weight is 257 g/mol. The Morgan fingerprint density at radius 3 is 2.95 bits per heavy atom. The summed E-state index contributed by atoms with van der Waals surface area (Å²) < 4.78 is 5.22. The predicted molar refractivity (Wildman–Crippen MR) is 76.6 cm³/mol. The molecule has 4 nitrogen and oxygen atoms in total. The molecule has 0 aliphatic carbocycles. The molecule has 0 unspecified atom stereocenters. The van der Waals surface area contributed by atoms with E-state index in [0.717, 1.165) is 35.9 Å². The van der Waals surface area contributed by atoms with Gasteiger partial charge in [-0.2, -0.15) is 0 Å². The van der Waals surface area contributed by atoms with Crippen LogP contribution in [0.1, 0.15) is 24.7 Å². The summed E-state index contributed by atoms with van der Waals surface area (Å²) in [7, 11) is 1.67. The largest absolute Gasteiger partial charge is 0.497 e. The second kappa shape index (κ2) is 6.73. The molecule has 19 heavy (non-hydrogen) atoms. The van der Waals surface area contributed by atoms with Gasteiger partial charge in [-0.25, -0.2) is 9.97 Å². The van der Waals surface area contributed by atoms with Gasteiger partial charge >= 0.3 is 0 Å². The van der Waals surface area contributed by atoms with Gasteiger partial charge in [-0.15, -0.1) is 0 Å². The highest BCUT2D eigenvalue weighted by Gasteiger charge is 2.02. The van der Waals surface area contributed by atoms with E-state index in [9.17, 15) is 0 Å². The minimum Gasteiger partial charge on any atom is -0.497 e. The van der Waals surface area contributed by atoms with Crippen molar-refractivity contribution < 1.29 is 4.74 Å². The zero-order valence-electron chi connectivity index (χ0n) is 11.4. The molecule has 1 aromatic heterocycles. The molecule has 100 valence electrons. The van der Waals surface area contributed by atoms with E-state index >= 15 is 0 Å². The number of rotatable bonds is 6. The van der Waals surface area contributed by atoms with Crippen LogP contribution in [0.2, 0.25) is 0 Å². The Labute approximate surface area is 113 Å². The molecule has 0 bridgehead atoms. The van der Waals surface area contributed by atoms with Gasteiger partial charge in [0, 0.05) is 19.2 Å². The predicted octanol–water partition coefficient (Wildman–Crippen LogP) is 2.90. The van der Waals surface area contributed by atoms with Gasteiger partial charge in [-0.1, -0.05) is 19.1 Å². The summed E-state index contributed by atoms with van der Waals surface area (Å²) in [6.45, 7) is 3.06. The Bertz CT molecular complexity index is 528. The van der Waals surface area contributed by atoms with Crippen LogP contribution >= 0.6 is 0 Å². The SMILES string of the molecule is CCCNc1ccnc(Cc2cccc(OC)c2)n1. The van der Waals surface area contributed by atoms with Gasteiger partial charge in [0.25, 0.3) is 0 Å². The Balaban J connectivity index is 2.09. The maximum atomic E-state index is 5.22. The van der Waals surface area contributed by atoms with Crippen LogP contribution in [0.4, 0.5) is 5.82 Å². The standard InChI is InChI=1S/C15H19N3O/c1-3-8-16-14-7-9-17-15(18-14)11-12-5-4-6-13(10-12)19-2/h4-7,9-10H,3,8,11H2,1-2H3,(H,16,17,18). The third-order valence-electron chi connectivity index (χ3n) is 2.76. The van der Waals surface area contributed by atoms with Crippen molar-refractivity contribution in [1.29, 1.82) is 0 Å². The molecule has 0 atom stereocenters. The summed E-state index contributed by atoms with van der Waals surface area (Å²) >= 11 is 0. The van der Waals surface area contributed by atoms with Gasteiger partial charge in [0.15, 0.2) is 0 Å². The summed E-state index contributed by atoms with van der Waals surface area (Å²) in [5.74, 6) is 2.56. The first-order valence-electron chi connectivity index (χ1n) is 6.50. The lowest BCUT2D eigenvalue weighted by Crippen LogP contribution is -2.05. The van der Waals surface area contributed by atoms with E-state index in [1.165, 1.54) is 0 Å². The highest BCUT2D eigenvalue weighted by Crippen LogP contribution is 2.15. The molecule has 2 aromatic rings. The van der Waals surface area contributed by atoms with Crippen molar-refractivity contribution in [3.63, 3.8) is 0 Å². The summed E-state index contributed by atoms with van der Waals surface area (Å²) in [6, 6.07) is 9.87. The third-order valence-corrected chi connectivity index (χ3v) is 2.76. The molecule has 0 fully saturated rings. The second-order valence-electron chi connectivity index (χ2n) is 4.31. The summed E-state index contributed by atoms with van der Waals surface area (Å²) in [4.78, 5) is 8.80. The van der Waals surface area contributed by atoms with Crippen LogP contribution in [-0.4, -0.2) is 23.6 Å². The molecule has 0 saturated heterocycles. The first kappa shape index (κ1) is 13.3. The lowest BCUT2D eigenvalue weighted by molar-refractivity contribution is 0.414. The number of nitrogens with one attached hydrogen (secondary N) is 1. The van der Waals surface area contributed by atoms with Gasteiger partial charge in [0.2, 0.25) is 0 Å². The fourth-order valence-corrected chi connectivity index (χ4v) is 1.80. The number of anilines is 1. The monoisotopic (exact) mass is 257 g/mol. The van der Waals surface area contributed by atoms with Crippen LogP contribution in [0.3, 0.4) is 0 Å². The van der Waals surface area contributed by atoms with E-state index in [1.54, 1.807) is 13.3 Å². The number of hydrogen-bond acceptors (Lipinski definition) is 4. The molecule has 1 N–H and O–H groups in total. The molecular weight excluding hydrogens is 238 g/mol. The van der Waals surface area contributed by atoms with Gasteiger partial charge in [0.05, 0.1) is 7.11 Å². The quantitative estimate of drug-likeness (QED) is 0.864. The maximum Gasteiger partial charge on any atom is 0.135 e. The molecular formula is C15H19N3O. The maximum absolute atomic E-state index is 5.22. The highest BCUT2D eigenvalue weighted by atomic mass is 16.5. The van der Waals surface area contributed by atoms with Gasteiger partial charge in [0.1, 0.15) is 17.4 Å². The van der Waals surface area contributed by atoms with Gasteiger partial charge in [-0.05, 0) is 30.2 Å². The number of benzene rings is 1.